The first-order valence-electron chi connectivity index (χ1n) is 7.61. The average Bonchev–Trinajstić information content (AvgIpc) is 3.00. The molecule has 0 spiro atoms. The van der Waals surface area contributed by atoms with Gasteiger partial charge in [0.05, 0.1) is 13.3 Å². The van der Waals surface area contributed by atoms with Gasteiger partial charge in [-0.15, -0.1) is 0 Å². The summed E-state index contributed by atoms with van der Waals surface area (Å²) < 4.78 is 7.19. The Morgan fingerprint density at radius 1 is 1.29 bits per heavy atom. The fourth-order valence-corrected chi connectivity index (χ4v) is 2.24. The summed E-state index contributed by atoms with van der Waals surface area (Å²) in [6, 6.07) is 8.57. The van der Waals surface area contributed by atoms with E-state index in [-0.39, 0.29) is 0 Å². The first kappa shape index (κ1) is 15.6. The summed E-state index contributed by atoms with van der Waals surface area (Å²) in [4.78, 5) is 0. The van der Waals surface area contributed by atoms with E-state index in [2.05, 4.69) is 42.6 Å². The van der Waals surface area contributed by atoms with Gasteiger partial charge in [0, 0.05) is 24.3 Å². The number of benzene rings is 1. The maximum Gasteiger partial charge on any atom is 0.118 e. The predicted molar refractivity (Wildman–Crippen MR) is 85.6 cm³/mol. The van der Waals surface area contributed by atoms with Crippen molar-refractivity contribution in [2.75, 3.05) is 13.7 Å². The van der Waals surface area contributed by atoms with E-state index in [0.29, 0.717) is 6.04 Å². The first-order valence-corrected chi connectivity index (χ1v) is 7.61. The van der Waals surface area contributed by atoms with Gasteiger partial charge in [-0.3, -0.25) is 4.68 Å². The van der Waals surface area contributed by atoms with Crippen molar-refractivity contribution in [1.29, 1.82) is 0 Å². The van der Waals surface area contributed by atoms with Crippen LogP contribution in [0.3, 0.4) is 0 Å². The van der Waals surface area contributed by atoms with Gasteiger partial charge in [-0.05, 0) is 44.0 Å². The number of nitrogens with one attached hydrogen (secondary N) is 1. The molecule has 0 aliphatic rings. The highest BCUT2D eigenvalue weighted by Crippen LogP contribution is 2.13. The average molecular weight is 287 g/mol. The van der Waals surface area contributed by atoms with Crippen molar-refractivity contribution in [3.05, 3.63) is 47.8 Å². The number of hydrogen-bond acceptors (Lipinski definition) is 3. The Balaban J connectivity index is 1.87. The van der Waals surface area contributed by atoms with Crippen LogP contribution in [-0.4, -0.2) is 23.4 Å². The molecule has 4 nitrogen and oxygen atoms in total. The van der Waals surface area contributed by atoms with E-state index < -0.39 is 0 Å². The van der Waals surface area contributed by atoms with Crippen LogP contribution in [0.15, 0.2) is 36.7 Å². The molecule has 1 aromatic carbocycles. The van der Waals surface area contributed by atoms with Crippen molar-refractivity contribution in [3.8, 4) is 5.75 Å². The summed E-state index contributed by atoms with van der Waals surface area (Å²) in [6.07, 6.45) is 6.22. The highest BCUT2D eigenvalue weighted by Gasteiger charge is 2.07. The third-order valence-corrected chi connectivity index (χ3v) is 3.64. The molecule has 0 fully saturated rings. The molecule has 21 heavy (non-hydrogen) atoms. The fourth-order valence-electron chi connectivity index (χ4n) is 2.24. The molecule has 0 amide bonds. The second-order valence-electron chi connectivity index (χ2n) is 5.31. The van der Waals surface area contributed by atoms with Gasteiger partial charge < -0.3 is 10.1 Å². The van der Waals surface area contributed by atoms with Crippen LogP contribution in [-0.2, 0) is 13.0 Å². The Bertz CT molecular complexity index is 533. The maximum absolute atomic E-state index is 5.17. The summed E-state index contributed by atoms with van der Waals surface area (Å²) in [5.41, 5.74) is 2.54. The van der Waals surface area contributed by atoms with Crippen LogP contribution in [0.1, 0.15) is 37.4 Å². The molecule has 0 aliphatic carbocycles. The number of hydrogen-bond donors (Lipinski definition) is 1. The maximum atomic E-state index is 5.17. The summed E-state index contributed by atoms with van der Waals surface area (Å²) >= 11 is 0. The van der Waals surface area contributed by atoms with Gasteiger partial charge in [-0.25, -0.2) is 0 Å². The standard InChI is InChI=1S/C17H25N3O/c1-4-10-18-14(2)16-12-19-20(13-16)11-9-15-5-7-17(21-3)8-6-15/h5-8,12-14,18H,4,9-11H2,1-3H3. The molecule has 1 N–H and O–H groups in total. The van der Waals surface area contributed by atoms with E-state index in [1.165, 1.54) is 11.1 Å². The van der Waals surface area contributed by atoms with Gasteiger partial charge in [-0.1, -0.05) is 19.1 Å². The van der Waals surface area contributed by atoms with Crippen molar-refractivity contribution in [1.82, 2.24) is 15.1 Å². The highest BCUT2D eigenvalue weighted by atomic mass is 16.5. The lowest BCUT2D eigenvalue weighted by Crippen LogP contribution is -2.18. The van der Waals surface area contributed by atoms with E-state index in [1.807, 2.05) is 23.0 Å². The quantitative estimate of drug-likeness (QED) is 0.810. The number of rotatable bonds is 8. The van der Waals surface area contributed by atoms with Gasteiger partial charge in [0.1, 0.15) is 5.75 Å². The second-order valence-corrected chi connectivity index (χ2v) is 5.31. The first-order chi connectivity index (χ1) is 10.2. The molecule has 1 atom stereocenters. The number of methoxy groups -OCH3 is 1. The van der Waals surface area contributed by atoms with Crippen LogP contribution in [0.25, 0.3) is 0 Å². The smallest absolute Gasteiger partial charge is 0.118 e. The van der Waals surface area contributed by atoms with Gasteiger partial charge in [0.2, 0.25) is 0 Å². The number of ether oxygens (including phenoxy) is 1. The molecule has 0 saturated carbocycles. The van der Waals surface area contributed by atoms with Gasteiger partial charge in [0.25, 0.3) is 0 Å². The lowest BCUT2D eigenvalue weighted by Gasteiger charge is -2.10. The summed E-state index contributed by atoms with van der Waals surface area (Å²) in [7, 11) is 1.69. The molecule has 114 valence electrons. The Hall–Kier alpha value is -1.81. The largest absolute Gasteiger partial charge is 0.497 e. The number of aryl methyl sites for hydroxylation is 2. The Morgan fingerprint density at radius 3 is 2.71 bits per heavy atom. The van der Waals surface area contributed by atoms with Gasteiger partial charge in [-0.2, -0.15) is 5.10 Å². The molecule has 1 heterocycles. The lowest BCUT2D eigenvalue weighted by molar-refractivity contribution is 0.414. The molecule has 2 rings (SSSR count). The zero-order valence-corrected chi connectivity index (χ0v) is 13.2. The van der Waals surface area contributed by atoms with Crippen molar-refractivity contribution in [2.24, 2.45) is 0 Å². The summed E-state index contributed by atoms with van der Waals surface area (Å²) in [5.74, 6) is 0.899. The van der Waals surface area contributed by atoms with Crippen LogP contribution in [0.4, 0.5) is 0 Å². The molecular formula is C17H25N3O. The normalized spacial score (nSPS) is 12.3. The molecule has 1 unspecified atom stereocenters. The monoisotopic (exact) mass is 287 g/mol. The SMILES string of the molecule is CCCNC(C)c1cnn(CCc2ccc(OC)cc2)c1. The molecule has 0 aliphatic heterocycles. The van der Waals surface area contributed by atoms with E-state index in [1.54, 1.807) is 7.11 Å². The molecule has 0 bridgehead atoms. The van der Waals surface area contributed by atoms with Gasteiger partial charge in [0.15, 0.2) is 0 Å². The molecule has 1 aromatic heterocycles. The number of nitrogens with zero attached hydrogens (tertiary/aromatic N) is 2. The molecule has 4 heteroatoms. The zero-order valence-electron chi connectivity index (χ0n) is 13.2. The van der Waals surface area contributed by atoms with Crippen molar-refractivity contribution in [3.63, 3.8) is 0 Å². The minimum Gasteiger partial charge on any atom is -0.497 e. The lowest BCUT2D eigenvalue weighted by atomic mass is 10.1. The Morgan fingerprint density at radius 2 is 2.05 bits per heavy atom. The Kier molecular flexibility index (Phi) is 5.81. The van der Waals surface area contributed by atoms with Crippen LogP contribution >= 0.6 is 0 Å². The minimum absolute atomic E-state index is 0.361. The number of aromatic nitrogens is 2. The van der Waals surface area contributed by atoms with Crippen molar-refractivity contribution in [2.45, 2.75) is 39.3 Å². The molecule has 2 aromatic rings. The summed E-state index contributed by atoms with van der Waals surface area (Å²) in [6.45, 7) is 6.30. The molecule has 0 saturated heterocycles. The predicted octanol–water partition coefficient (Wildman–Crippen LogP) is 3.20. The van der Waals surface area contributed by atoms with E-state index in [0.717, 1.165) is 31.7 Å². The molecule has 0 radical (unpaired) electrons. The van der Waals surface area contributed by atoms with Crippen LogP contribution in [0.5, 0.6) is 5.75 Å². The minimum atomic E-state index is 0.361. The van der Waals surface area contributed by atoms with Crippen LogP contribution in [0.2, 0.25) is 0 Å². The highest BCUT2D eigenvalue weighted by molar-refractivity contribution is 5.27. The van der Waals surface area contributed by atoms with E-state index >= 15 is 0 Å². The summed E-state index contributed by atoms with van der Waals surface area (Å²) in [5, 5.41) is 7.93. The van der Waals surface area contributed by atoms with Crippen LogP contribution < -0.4 is 10.1 Å². The topological polar surface area (TPSA) is 39.1 Å². The Labute approximate surface area is 127 Å². The molecular weight excluding hydrogens is 262 g/mol. The zero-order chi connectivity index (χ0) is 15.1. The third-order valence-electron chi connectivity index (χ3n) is 3.64. The van der Waals surface area contributed by atoms with Crippen molar-refractivity contribution < 1.29 is 4.74 Å². The van der Waals surface area contributed by atoms with Crippen LogP contribution in [0, 0.1) is 0 Å². The second kappa shape index (κ2) is 7.84. The third kappa shape index (κ3) is 4.60. The van der Waals surface area contributed by atoms with Gasteiger partial charge >= 0.3 is 0 Å². The van der Waals surface area contributed by atoms with E-state index in [4.69, 9.17) is 4.74 Å². The fraction of sp³-hybridized carbons (Fsp3) is 0.471. The van der Waals surface area contributed by atoms with Crippen molar-refractivity contribution >= 4 is 0 Å². The van der Waals surface area contributed by atoms with E-state index in [9.17, 15) is 0 Å².